The van der Waals surface area contributed by atoms with Crippen LogP contribution in [-0.4, -0.2) is 35.4 Å². The molecule has 3 rings (SSSR count). The van der Waals surface area contributed by atoms with Crippen molar-refractivity contribution in [2.75, 3.05) is 23.3 Å². The SMILES string of the molecule is Cc1cc2c(nn1)NCC1CC(N)CN21. The molecule has 2 aliphatic rings. The Morgan fingerprint density at radius 3 is 3.27 bits per heavy atom. The van der Waals surface area contributed by atoms with Gasteiger partial charge in [0.2, 0.25) is 0 Å². The van der Waals surface area contributed by atoms with Gasteiger partial charge in [-0.1, -0.05) is 0 Å². The summed E-state index contributed by atoms with van der Waals surface area (Å²) in [6.07, 6.45) is 1.06. The van der Waals surface area contributed by atoms with Crippen LogP contribution < -0.4 is 16.0 Å². The van der Waals surface area contributed by atoms with Gasteiger partial charge in [-0.05, 0) is 19.4 Å². The molecule has 0 amide bonds. The average molecular weight is 205 g/mol. The quantitative estimate of drug-likeness (QED) is 0.629. The summed E-state index contributed by atoms with van der Waals surface area (Å²) in [6.45, 7) is 3.83. The van der Waals surface area contributed by atoms with Crippen molar-refractivity contribution in [2.45, 2.75) is 25.4 Å². The number of hydrogen-bond acceptors (Lipinski definition) is 5. The summed E-state index contributed by atoms with van der Waals surface area (Å²) < 4.78 is 0. The molecule has 1 saturated heterocycles. The molecule has 2 atom stereocenters. The van der Waals surface area contributed by atoms with Gasteiger partial charge < -0.3 is 16.0 Å². The molecule has 2 unspecified atom stereocenters. The van der Waals surface area contributed by atoms with E-state index in [0.29, 0.717) is 6.04 Å². The van der Waals surface area contributed by atoms with Crippen LogP contribution in [0.5, 0.6) is 0 Å². The standard InChI is InChI=1S/C10H15N5/c1-6-2-9-10(14-13-6)12-4-8-3-7(11)5-15(8)9/h2,7-8H,3-5,11H2,1H3,(H,12,14). The van der Waals surface area contributed by atoms with E-state index in [-0.39, 0.29) is 6.04 Å². The average Bonchev–Trinajstić information content (AvgIpc) is 2.58. The number of anilines is 2. The van der Waals surface area contributed by atoms with Crippen molar-refractivity contribution in [3.05, 3.63) is 11.8 Å². The van der Waals surface area contributed by atoms with E-state index in [9.17, 15) is 0 Å². The van der Waals surface area contributed by atoms with Crippen LogP contribution in [0.15, 0.2) is 6.07 Å². The summed E-state index contributed by atoms with van der Waals surface area (Å²) >= 11 is 0. The monoisotopic (exact) mass is 205 g/mol. The van der Waals surface area contributed by atoms with E-state index >= 15 is 0 Å². The number of nitrogens with zero attached hydrogens (tertiary/aromatic N) is 3. The van der Waals surface area contributed by atoms with E-state index in [0.717, 1.165) is 36.7 Å². The van der Waals surface area contributed by atoms with Crippen molar-refractivity contribution in [2.24, 2.45) is 5.73 Å². The molecule has 0 aromatic carbocycles. The van der Waals surface area contributed by atoms with Gasteiger partial charge in [-0.3, -0.25) is 0 Å². The molecule has 0 saturated carbocycles. The first-order valence-corrected chi connectivity index (χ1v) is 5.34. The Balaban J connectivity index is 2.03. The third-order valence-electron chi connectivity index (χ3n) is 3.16. The third-order valence-corrected chi connectivity index (χ3v) is 3.16. The van der Waals surface area contributed by atoms with Crippen LogP contribution in [0.2, 0.25) is 0 Å². The molecular weight excluding hydrogens is 190 g/mol. The van der Waals surface area contributed by atoms with Crippen LogP contribution in [0.3, 0.4) is 0 Å². The van der Waals surface area contributed by atoms with E-state index in [2.05, 4.69) is 26.5 Å². The molecule has 0 spiro atoms. The minimum absolute atomic E-state index is 0.288. The van der Waals surface area contributed by atoms with Crippen LogP contribution in [0.1, 0.15) is 12.1 Å². The van der Waals surface area contributed by atoms with Crippen molar-refractivity contribution in [1.29, 1.82) is 0 Å². The maximum atomic E-state index is 5.98. The maximum Gasteiger partial charge on any atom is 0.172 e. The largest absolute Gasteiger partial charge is 0.365 e. The van der Waals surface area contributed by atoms with Crippen LogP contribution in [0, 0.1) is 6.92 Å². The summed E-state index contributed by atoms with van der Waals surface area (Å²) in [5, 5.41) is 11.5. The first-order valence-electron chi connectivity index (χ1n) is 5.34. The highest BCUT2D eigenvalue weighted by Gasteiger charge is 2.34. The van der Waals surface area contributed by atoms with Crippen LogP contribution in [0.25, 0.3) is 0 Å². The van der Waals surface area contributed by atoms with Gasteiger partial charge in [0.15, 0.2) is 5.82 Å². The lowest BCUT2D eigenvalue weighted by Crippen LogP contribution is -2.40. The summed E-state index contributed by atoms with van der Waals surface area (Å²) in [5.41, 5.74) is 8.10. The number of nitrogens with one attached hydrogen (secondary N) is 1. The smallest absolute Gasteiger partial charge is 0.172 e. The number of hydrogen-bond donors (Lipinski definition) is 2. The molecule has 1 fully saturated rings. The highest BCUT2D eigenvalue weighted by Crippen LogP contribution is 2.34. The lowest BCUT2D eigenvalue weighted by molar-refractivity contribution is 0.652. The molecule has 1 aromatic rings. The van der Waals surface area contributed by atoms with E-state index < -0.39 is 0 Å². The van der Waals surface area contributed by atoms with Crippen LogP contribution >= 0.6 is 0 Å². The number of aromatic nitrogens is 2. The molecule has 5 heteroatoms. The Bertz CT molecular complexity index is 391. The highest BCUT2D eigenvalue weighted by atomic mass is 15.3. The van der Waals surface area contributed by atoms with E-state index in [1.165, 1.54) is 0 Å². The second-order valence-corrected chi connectivity index (χ2v) is 4.40. The predicted octanol–water partition coefficient (Wildman–Crippen LogP) is 0.117. The van der Waals surface area contributed by atoms with Gasteiger partial charge in [0.05, 0.1) is 11.4 Å². The second-order valence-electron chi connectivity index (χ2n) is 4.40. The van der Waals surface area contributed by atoms with Gasteiger partial charge in [-0.15, -0.1) is 5.10 Å². The molecule has 80 valence electrons. The minimum atomic E-state index is 0.288. The summed E-state index contributed by atoms with van der Waals surface area (Å²) in [4.78, 5) is 2.36. The van der Waals surface area contributed by atoms with Crippen molar-refractivity contribution in [1.82, 2.24) is 10.2 Å². The summed E-state index contributed by atoms with van der Waals surface area (Å²) in [7, 11) is 0. The lowest BCUT2D eigenvalue weighted by atomic mass is 10.1. The van der Waals surface area contributed by atoms with Gasteiger partial charge in [0.25, 0.3) is 0 Å². The fourth-order valence-electron chi connectivity index (χ4n) is 2.48. The highest BCUT2D eigenvalue weighted by molar-refractivity contribution is 5.69. The van der Waals surface area contributed by atoms with Crippen LogP contribution in [-0.2, 0) is 0 Å². The second kappa shape index (κ2) is 3.06. The fraction of sp³-hybridized carbons (Fsp3) is 0.600. The number of fused-ring (bicyclic) bond motifs is 3. The molecule has 1 aromatic heterocycles. The number of rotatable bonds is 0. The van der Waals surface area contributed by atoms with Gasteiger partial charge >= 0.3 is 0 Å². The Hall–Kier alpha value is -1.36. The molecule has 2 aliphatic heterocycles. The zero-order valence-corrected chi connectivity index (χ0v) is 8.77. The summed E-state index contributed by atoms with van der Waals surface area (Å²) in [5.74, 6) is 0.894. The molecule has 5 nitrogen and oxygen atoms in total. The molecule has 0 aliphatic carbocycles. The van der Waals surface area contributed by atoms with Crippen LogP contribution in [0.4, 0.5) is 11.5 Å². The molecule has 0 bridgehead atoms. The molecule has 3 N–H and O–H groups in total. The maximum absolute atomic E-state index is 5.98. The molecule has 3 heterocycles. The fourth-order valence-corrected chi connectivity index (χ4v) is 2.48. The van der Waals surface area contributed by atoms with Gasteiger partial charge in [0.1, 0.15) is 0 Å². The molecule has 0 radical (unpaired) electrons. The first-order chi connectivity index (χ1) is 7.24. The zero-order valence-electron chi connectivity index (χ0n) is 8.77. The van der Waals surface area contributed by atoms with Gasteiger partial charge in [-0.25, -0.2) is 0 Å². The number of aryl methyl sites for hydroxylation is 1. The lowest BCUT2D eigenvalue weighted by Gasteiger charge is -2.33. The van der Waals surface area contributed by atoms with E-state index in [1.54, 1.807) is 0 Å². The minimum Gasteiger partial charge on any atom is -0.365 e. The van der Waals surface area contributed by atoms with E-state index in [1.807, 2.05) is 6.92 Å². The van der Waals surface area contributed by atoms with Crippen molar-refractivity contribution < 1.29 is 0 Å². The Kier molecular flexibility index (Phi) is 1.82. The topological polar surface area (TPSA) is 67.1 Å². The first kappa shape index (κ1) is 8.91. The Labute approximate surface area is 88.7 Å². The molecule has 15 heavy (non-hydrogen) atoms. The normalized spacial score (nSPS) is 28.3. The van der Waals surface area contributed by atoms with E-state index in [4.69, 9.17) is 5.73 Å². The van der Waals surface area contributed by atoms with Gasteiger partial charge in [0, 0.05) is 25.2 Å². The number of nitrogens with two attached hydrogens (primary N) is 1. The predicted molar refractivity (Wildman–Crippen MR) is 59.0 cm³/mol. The van der Waals surface area contributed by atoms with Crippen molar-refractivity contribution in [3.63, 3.8) is 0 Å². The van der Waals surface area contributed by atoms with Gasteiger partial charge in [-0.2, -0.15) is 5.10 Å². The Morgan fingerprint density at radius 2 is 2.40 bits per heavy atom. The van der Waals surface area contributed by atoms with Crippen molar-refractivity contribution >= 4 is 11.5 Å². The molecular formula is C10H15N5. The zero-order chi connectivity index (χ0) is 10.4. The van der Waals surface area contributed by atoms with Crippen molar-refractivity contribution in [3.8, 4) is 0 Å². The summed E-state index contributed by atoms with van der Waals surface area (Å²) in [6, 6.07) is 2.90. The Morgan fingerprint density at radius 1 is 1.53 bits per heavy atom. The third kappa shape index (κ3) is 1.34.